The quantitative estimate of drug-likeness (QED) is 0.729. The molecule has 0 saturated carbocycles. The molecule has 0 spiro atoms. The van der Waals surface area contributed by atoms with Crippen LogP contribution in [0.5, 0.6) is 0 Å². The Morgan fingerprint density at radius 3 is 2.50 bits per heavy atom. The van der Waals surface area contributed by atoms with Crippen molar-refractivity contribution in [1.29, 1.82) is 0 Å². The van der Waals surface area contributed by atoms with Crippen LogP contribution < -0.4 is 5.32 Å². The van der Waals surface area contributed by atoms with Gasteiger partial charge in [0.15, 0.2) is 0 Å². The number of hydrogen-bond acceptors (Lipinski definition) is 2. The maximum absolute atomic E-state index is 11.5. The van der Waals surface area contributed by atoms with Crippen molar-refractivity contribution in [3.8, 4) is 0 Å². The lowest BCUT2D eigenvalue weighted by Crippen LogP contribution is -2.26. The maximum Gasteiger partial charge on any atom is 0.316 e. The first kappa shape index (κ1) is 10.7. The molecule has 0 unspecified atom stereocenters. The number of amides is 1. The van der Waals surface area contributed by atoms with Gasteiger partial charge in [0.25, 0.3) is 0 Å². The number of rotatable bonds is 2. The van der Waals surface area contributed by atoms with E-state index < -0.39 is 17.8 Å². The molecule has 1 amide bonds. The van der Waals surface area contributed by atoms with Gasteiger partial charge in [-0.05, 0) is 12.5 Å². The SMILES string of the molecule is C[C@@H]1NC(=O)[C@@H](C(=O)O)[C@H]1c1ccccc1. The van der Waals surface area contributed by atoms with Crippen molar-refractivity contribution in [2.75, 3.05) is 0 Å². The highest BCUT2D eigenvalue weighted by Crippen LogP contribution is 2.33. The predicted octanol–water partition coefficient (Wildman–Crippen LogP) is 0.989. The van der Waals surface area contributed by atoms with Gasteiger partial charge in [0.05, 0.1) is 0 Å². The van der Waals surface area contributed by atoms with E-state index in [4.69, 9.17) is 5.11 Å². The zero-order valence-electron chi connectivity index (χ0n) is 8.88. The van der Waals surface area contributed by atoms with Crippen molar-refractivity contribution >= 4 is 11.9 Å². The van der Waals surface area contributed by atoms with E-state index >= 15 is 0 Å². The highest BCUT2D eigenvalue weighted by molar-refractivity contribution is 6.00. The maximum atomic E-state index is 11.5. The summed E-state index contributed by atoms with van der Waals surface area (Å²) in [5.74, 6) is -2.71. The summed E-state index contributed by atoms with van der Waals surface area (Å²) < 4.78 is 0. The number of carbonyl (C=O) groups excluding carboxylic acids is 1. The number of nitrogens with one attached hydrogen (secondary N) is 1. The molecule has 4 heteroatoms. The van der Waals surface area contributed by atoms with Crippen LogP contribution in [0.2, 0.25) is 0 Å². The van der Waals surface area contributed by atoms with Gasteiger partial charge in [0.2, 0.25) is 5.91 Å². The summed E-state index contributed by atoms with van der Waals surface area (Å²) in [5, 5.41) is 11.7. The molecule has 2 N–H and O–H groups in total. The second kappa shape index (κ2) is 3.96. The molecule has 4 nitrogen and oxygen atoms in total. The minimum absolute atomic E-state index is 0.143. The van der Waals surface area contributed by atoms with Crippen molar-refractivity contribution in [1.82, 2.24) is 5.32 Å². The molecule has 0 aliphatic carbocycles. The van der Waals surface area contributed by atoms with Gasteiger partial charge in [-0.2, -0.15) is 0 Å². The fraction of sp³-hybridized carbons (Fsp3) is 0.333. The van der Waals surface area contributed by atoms with Crippen LogP contribution in [-0.4, -0.2) is 23.0 Å². The van der Waals surface area contributed by atoms with Gasteiger partial charge in [-0.25, -0.2) is 0 Å². The lowest BCUT2D eigenvalue weighted by molar-refractivity contribution is -0.145. The van der Waals surface area contributed by atoms with Crippen molar-refractivity contribution in [3.05, 3.63) is 35.9 Å². The highest BCUT2D eigenvalue weighted by Gasteiger charge is 2.45. The van der Waals surface area contributed by atoms with Crippen LogP contribution in [0.25, 0.3) is 0 Å². The summed E-state index contributed by atoms with van der Waals surface area (Å²) in [4.78, 5) is 22.6. The Labute approximate surface area is 93.3 Å². The van der Waals surface area contributed by atoms with Crippen LogP contribution in [0.3, 0.4) is 0 Å². The van der Waals surface area contributed by atoms with Gasteiger partial charge >= 0.3 is 5.97 Å². The normalized spacial score (nSPS) is 28.8. The highest BCUT2D eigenvalue weighted by atomic mass is 16.4. The second-order valence-electron chi connectivity index (χ2n) is 4.05. The molecule has 2 rings (SSSR count). The average Bonchev–Trinajstić information content (AvgIpc) is 2.55. The van der Waals surface area contributed by atoms with Gasteiger partial charge in [0, 0.05) is 12.0 Å². The molecule has 84 valence electrons. The van der Waals surface area contributed by atoms with E-state index in [1.165, 1.54) is 0 Å². The van der Waals surface area contributed by atoms with Crippen LogP contribution in [-0.2, 0) is 9.59 Å². The molecular weight excluding hydrogens is 206 g/mol. The molecule has 1 aliphatic rings. The number of carbonyl (C=O) groups is 2. The molecule has 16 heavy (non-hydrogen) atoms. The molecular formula is C12H13NO3. The lowest BCUT2D eigenvalue weighted by Gasteiger charge is -2.17. The zero-order valence-corrected chi connectivity index (χ0v) is 8.88. The Kier molecular flexibility index (Phi) is 2.64. The van der Waals surface area contributed by atoms with E-state index in [9.17, 15) is 9.59 Å². The second-order valence-corrected chi connectivity index (χ2v) is 4.05. The molecule has 0 aromatic heterocycles. The summed E-state index contributed by atoms with van der Waals surface area (Å²) in [6.07, 6.45) is 0. The van der Waals surface area contributed by atoms with Crippen molar-refractivity contribution in [3.63, 3.8) is 0 Å². The summed E-state index contributed by atoms with van der Waals surface area (Å²) >= 11 is 0. The van der Waals surface area contributed by atoms with Crippen LogP contribution in [0.15, 0.2) is 30.3 Å². The third-order valence-corrected chi connectivity index (χ3v) is 3.00. The van der Waals surface area contributed by atoms with Crippen LogP contribution >= 0.6 is 0 Å². The van der Waals surface area contributed by atoms with Gasteiger partial charge in [-0.3, -0.25) is 9.59 Å². The Morgan fingerprint density at radius 1 is 1.31 bits per heavy atom. The topological polar surface area (TPSA) is 66.4 Å². The Hall–Kier alpha value is -1.84. The Balaban J connectivity index is 2.38. The number of benzene rings is 1. The molecule has 3 atom stereocenters. The van der Waals surface area contributed by atoms with Crippen molar-refractivity contribution in [2.45, 2.75) is 18.9 Å². The molecule has 1 saturated heterocycles. The summed E-state index contributed by atoms with van der Waals surface area (Å²) in [7, 11) is 0. The number of carboxylic acids is 1. The van der Waals surface area contributed by atoms with Gasteiger partial charge in [-0.15, -0.1) is 0 Å². The van der Waals surface area contributed by atoms with Crippen molar-refractivity contribution < 1.29 is 14.7 Å². The van der Waals surface area contributed by atoms with Crippen LogP contribution in [0.1, 0.15) is 18.4 Å². The Bertz CT molecular complexity index is 416. The van der Waals surface area contributed by atoms with Gasteiger partial charge in [-0.1, -0.05) is 30.3 Å². The Morgan fingerprint density at radius 2 is 1.94 bits per heavy atom. The monoisotopic (exact) mass is 219 g/mol. The first-order valence-electron chi connectivity index (χ1n) is 5.19. The minimum atomic E-state index is -1.06. The molecule has 1 heterocycles. The molecule has 1 aliphatic heterocycles. The lowest BCUT2D eigenvalue weighted by atomic mass is 9.85. The van der Waals surface area contributed by atoms with Gasteiger partial charge in [0.1, 0.15) is 5.92 Å². The zero-order chi connectivity index (χ0) is 11.7. The number of aliphatic carboxylic acids is 1. The number of hydrogen-bond donors (Lipinski definition) is 2. The standard InChI is InChI=1S/C12H13NO3/c1-7-9(8-5-3-2-4-6-8)10(12(15)16)11(14)13-7/h2-7,9-10H,1H3,(H,13,14)(H,15,16)/t7-,9+,10-/m0/s1. The fourth-order valence-corrected chi connectivity index (χ4v) is 2.28. The van der Waals surface area contributed by atoms with E-state index in [0.717, 1.165) is 5.56 Å². The predicted molar refractivity (Wildman–Crippen MR) is 57.9 cm³/mol. The molecule has 0 radical (unpaired) electrons. The minimum Gasteiger partial charge on any atom is -0.481 e. The number of carboxylic acid groups (broad SMARTS) is 1. The average molecular weight is 219 g/mol. The van der Waals surface area contributed by atoms with Gasteiger partial charge < -0.3 is 10.4 Å². The van der Waals surface area contributed by atoms with E-state index in [0.29, 0.717) is 0 Å². The third-order valence-electron chi connectivity index (χ3n) is 3.00. The fourth-order valence-electron chi connectivity index (χ4n) is 2.28. The van der Waals surface area contributed by atoms with E-state index in [1.807, 2.05) is 37.3 Å². The molecule has 1 aromatic rings. The third kappa shape index (κ3) is 1.66. The smallest absolute Gasteiger partial charge is 0.316 e. The summed E-state index contributed by atoms with van der Waals surface area (Å²) in [6, 6.07) is 9.15. The first-order chi connectivity index (χ1) is 7.61. The van der Waals surface area contributed by atoms with Crippen molar-refractivity contribution in [2.24, 2.45) is 5.92 Å². The molecule has 0 bridgehead atoms. The largest absolute Gasteiger partial charge is 0.481 e. The van der Waals surface area contributed by atoms with E-state index in [2.05, 4.69) is 5.32 Å². The van der Waals surface area contributed by atoms with E-state index in [1.54, 1.807) is 0 Å². The van der Waals surface area contributed by atoms with Crippen LogP contribution in [0.4, 0.5) is 0 Å². The molecule has 1 aromatic carbocycles. The summed E-state index contributed by atoms with van der Waals surface area (Å²) in [5.41, 5.74) is 0.890. The first-order valence-corrected chi connectivity index (χ1v) is 5.19. The summed E-state index contributed by atoms with van der Waals surface area (Å²) in [6.45, 7) is 1.83. The van der Waals surface area contributed by atoms with E-state index in [-0.39, 0.29) is 12.0 Å². The van der Waals surface area contributed by atoms with Crippen LogP contribution in [0, 0.1) is 5.92 Å². The molecule has 1 fully saturated rings.